The van der Waals surface area contributed by atoms with Crippen molar-refractivity contribution in [2.24, 2.45) is 0 Å². The summed E-state index contributed by atoms with van der Waals surface area (Å²) >= 11 is 6.30. The van der Waals surface area contributed by atoms with Gasteiger partial charge in [0.1, 0.15) is 12.4 Å². The monoisotopic (exact) mass is 307 g/mol. The van der Waals surface area contributed by atoms with Crippen LogP contribution >= 0.6 is 11.6 Å². The molecule has 1 aliphatic rings. The van der Waals surface area contributed by atoms with Crippen molar-refractivity contribution in [1.29, 1.82) is 0 Å². The molecule has 2 heterocycles. The molecule has 0 aliphatic carbocycles. The first-order chi connectivity index (χ1) is 10.3. The maximum atomic E-state index is 6.30. The van der Waals surface area contributed by atoms with Gasteiger partial charge in [-0.05, 0) is 25.5 Å². The summed E-state index contributed by atoms with van der Waals surface area (Å²) in [6.07, 6.45) is 0.956. The number of hydrogen-bond donors (Lipinski definition) is 0. The summed E-state index contributed by atoms with van der Waals surface area (Å²) in [4.78, 5) is 4.64. The second-order valence-corrected chi connectivity index (χ2v) is 5.35. The quantitative estimate of drug-likeness (QED) is 0.852. The number of aromatic nitrogens is 3. The molecule has 1 atom stereocenters. The van der Waals surface area contributed by atoms with Gasteiger partial charge in [-0.25, -0.2) is 9.67 Å². The van der Waals surface area contributed by atoms with Crippen molar-refractivity contribution in [3.8, 4) is 5.69 Å². The third kappa shape index (κ3) is 3.10. The van der Waals surface area contributed by atoms with Crippen LogP contribution in [0.1, 0.15) is 30.9 Å². The van der Waals surface area contributed by atoms with E-state index in [4.69, 9.17) is 21.1 Å². The fourth-order valence-electron chi connectivity index (χ4n) is 2.43. The van der Waals surface area contributed by atoms with Gasteiger partial charge in [0.25, 0.3) is 0 Å². The van der Waals surface area contributed by atoms with E-state index in [1.165, 1.54) is 0 Å². The lowest BCUT2D eigenvalue weighted by Gasteiger charge is -2.10. The summed E-state index contributed by atoms with van der Waals surface area (Å²) in [6, 6.07) is 7.65. The summed E-state index contributed by atoms with van der Waals surface area (Å²) in [7, 11) is 0. The minimum Gasteiger partial charge on any atom is -0.381 e. The molecule has 0 saturated carbocycles. The molecular weight excluding hydrogens is 290 g/mol. The molecule has 1 aromatic heterocycles. The van der Waals surface area contributed by atoms with Gasteiger partial charge in [0.15, 0.2) is 5.82 Å². The SMILES string of the molecule is CCOCc1nc([C@@H]2CCOC2)n(-c2ccccc2Cl)n1. The Morgan fingerprint density at radius 3 is 3.00 bits per heavy atom. The molecule has 3 rings (SSSR count). The van der Waals surface area contributed by atoms with Crippen molar-refractivity contribution in [3.05, 3.63) is 40.9 Å². The highest BCUT2D eigenvalue weighted by Gasteiger charge is 2.25. The molecule has 0 amide bonds. The first-order valence-corrected chi connectivity index (χ1v) is 7.53. The van der Waals surface area contributed by atoms with Crippen LogP contribution in [0.5, 0.6) is 0 Å². The molecule has 1 aliphatic heterocycles. The summed E-state index contributed by atoms with van der Waals surface area (Å²) in [5, 5.41) is 5.22. The third-order valence-corrected chi connectivity index (χ3v) is 3.81. The van der Waals surface area contributed by atoms with Crippen LogP contribution in [-0.4, -0.2) is 34.6 Å². The van der Waals surface area contributed by atoms with Crippen LogP contribution in [0.3, 0.4) is 0 Å². The van der Waals surface area contributed by atoms with Crippen LogP contribution < -0.4 is 0 Å². The van der Waals surface area contributed by atoms with Gasteiger partial charge in [0.05, 0.1) is 17.3 Å². The molecule has 0 radical (unpaired) electrons. The van der Waals surface area contributed by atoms with Crippen LogP contribution in [0.25, 0.3) is 5.69 Å². The Hall–Kier alpha value is -1.43. The normalized spacial score (nSPS) is 18.3. The number of rotatable bonds is 5. The van der Waals surface area contributed by atoms with Gasteiger partial charge in [-0.15, -0.1) is 5.10 Å². The average molecular weight is 308 g/mol. The van der Waals surface area contributed by atoms with Crippen LogP contribution in [0, 0.1) is 0 Å². The highest BCUT2D eigenvalue weighted by atomic mass is 35.5. The molecule has 6 heteroatoms. The number of ether oxygens (including phenoxy) is 2. The lowest BCUT2D eigenvalue weighted by atomic mass is 10.1. The van der Waals surface area contributed by atoms with E-state index in [1.807, 2.05) is 35.9 Å². The first kappa shape index (κ1) is 14.5. The second-order valence-electron chi connectivity index (χ2n) is 4.95. The van der Waals surface area contributed by atoms with Gasteiger partial charge in [-0.2, -0.15) is 0 Å². The van der Waals surface area contributed by atoms with Crippen LogP contribution in [0.4, 0.5) is 0 Å². The number of hydrogen-bond acceptors (Lipinski definition) is 4. The van der Waals surface area contributed by atoms with E-state index in [-0.39, 0.29) is 5.92 Å². The van der Waals surface area contributed by atoms with Crippen molar-refractivity contribution in [2.75, 3.05) is 19.8 Å². The lowest BCUT2D eigenvalue weighted by molar-refractivity contribution is 0.128. The molecule has 0 unspecified atom stereocenters. The van der Waals surface area contributed by atoms with Crippen molar-refractivity contribution in [2.45, 2.75) is 25.9 Å². The Morgan fingerprint density at radius 1 is 1.43 bits per heavy atom. The largest absolute Gasteiger partial charge is 0.381 e. The van der Waals surface area contributed by atoms with E-state index in [2.05, 4.69) is 10.1 Å². The highest BCUT2D eigenvalue weighted by molar-refractivity contribution is 6.32. The highest BCUT2D eigenvalue weighted by Crippen LogP contribution is 2.28. The Morgan fingerprint density at radius 2 is 2.29 bits per heavy atom. The van der Waals surface area contributed by atoms with Crippen molar-refractivity contribution < 1.29 is 9.47 Å². The van der Waals surface area contributed by atoms with Gasteiger partial charge < -0.3 is 9.47 Å². The summed E-state index contributed by atoms with van der Waals surface area (Å²) < 4.78 is 12.7. The average Bonchev–Trinajstić information content (AvgIpc) is 3.14. The van der Waals surface area contributed by atoms with E-state index in [9.17, 15) is 0 Å². The summed E-state index contributed by atoms with van der Waals surface area (Å²) in [5.74, 6) is 1.83. The number of nitrogens with zero attached hydrogens (tertiary/aromatic N) is 3. The number of para-hydroxylation sites is 1. The fourth-order valence-corrected chi connectivity index (χ4v) is 2.64. The van der Waals surface area contributed by atoms with Crippen LogP contribution in [-0.2, 0) is 16.1 Å². The van der Waals surface area contributed by atoms with Gasteiger partial charge in [0, 0.05) is 19.1 Å². The van der Waals surface area contributed by atoms with Crippen molar-refractivity contribution in [3.63, 3.8) is 0 Å². The van der Waals surface area contributed by atoms with E-state index in [1.54, 1.807) is 0 Å². The smallest absolute Gasteiger partial charge is 0.177 e. The number of benzene rings is 1. The zero-order chi connectivity index (χ0) is 14.7. The Kier molecular flexibility index (Phi) is 4.53. The topological polar surface area (TPSA) is 49.2 Å². The standard InChI is InChI=1S/C15H18ClN3O2/c1-2-20-10-14-17-15(11-7-8-21-9-11)19(18-14)13-6-4-3-5-12(13)16/h3-6,11H,2,7-10H2,1H3/t11-/m1/s1. The minimum atomic E-state index is 0.254. The maximum absolute atomic E-state index is 6.30. The van der Waals surface area contributed by atoms with E-state index < -0.39 is 0 Å². The van der Waals surface area contributed by atoms with Crippen LogP contribution in [0.2, 0.25) is 5.02 Å². The zero-order valence-corrected chi connectivity index (χ0v) is 12.7. The van der Waals surface area contributed by atoms with Gasteiger partial charge >= 0.3 is 0 Å². The van der Waals surface area contributed by atoms with E-state index >= 15 is 0 Å². The van der Waals surface area contributed by atoms with Crippen molar-refractivity contribution >= 4 is 11.6 Å². The third-order valence-electron chi connectivity index (χ3n) is 3.49. The molecule has 2 aromatic rings. The lowest BCUT2D eigenvalue weighted by Crippen LogP contribution is -2.09. The molecular formula is C15H18ClN3O2. The maximum Gasteiger partial charge on any atom is 0.177 e. The fraction of sp³-hybridized carbons (Fsp3) is 0.467. The molecule has 1 fully saturated rings. The van der Waals surface area contributed by atoms with E-state index in [0.29, 0.717) is 30.7 Å². The minimum absolute atomic E-state index is 0.254. The summed E-state index contributed by atoms with van der Waals surface area (Å²) in [6.45, 7) is 4.45. The predicted octanol–water partition coefficient (Wildman–Crippen LogP) is 2.96. The number of halogens is 1. The van der Waals surface area contributed by atoms with Gasteiger partial charge in [0.2, 0.25) is 0 Å². The molecule has 5 nitrogen and oxygen atoms in total. The molecule has 0 bridgehead atoms. The Labute approximate surface area is 128 Å². The van der Waals surface area contributed by atoms with Crippen LogP contribution in [0.15, 0.2) is 24.3 Å². The molecule has 112 valence electrons. The molecule has 0 N–H and O–H groups in total. The van der Waals surface area contributed by atoms with Gasteiger partial charge in [-0.1, -0.05) is 23.7 Å². The van der Waals surface area contributed by atoms with Gasteiger partial charge in [-0.3, -0.25) is 0 Å². The summed E-state index contributed by atoms with van der Waals surface area (Å²) in [5.41, 5.74) is 0.844. The molecule has 1 aromatic carbocycles. The Bertz CT molecular complexity index is 609. The molecule has 0 spiro atoms. The second kappa shape index (κ2) is 6.56. The molecule has 21 heavy (non-hydrogen) atoms. The Balaban J connectivity index is 2.00. The first-order valence-electron chi connectivity index (χ1n) is 7.15. The molecule has 1 saturated heterocycles. The van der Waals surface area contributed by atoms with E-state index in [0.717, 1.165) is 24.5 Å². The predicted molar refractivity (Wildman–Crippen MR) is 79.9 cm³/mol. The van der Waals surface area contributed by atoms with Crippen molar-refractivity contribution in [1.82, 2.24) is 14.8 Å². The zero-order valence-electron chi connectivity index (χ0n) is 12.0.